The zero-order valence-electron chi connectivity index (χ0n) is 16.5. The normalized spacial score (nSPS) is 18.2. The van der Waals surface area contributed by atoms with E-state index in [9.17, 15) is 24.5 Å². The highest BCUT2D eigenvalue weighted by Crippen LogP contribution is 2.38. The molecule has 0 saturated carbocycles. The number of hydrogen-bond donors (Lipinski definition) is 4. The molecule has 12 heteroatoms. The average Bonchev–Trinajstić information content (AvgIpc) is 2.68. The van der Waals surface area contributed by atoms with Crippen molar-refractivity contribution in [3.63, 3.8) is 0 Å². The van der Waals surface area contributed by atoms with Crippen molar-refractivity contribution < 1.29 is 33.9 Å². The van der Waals surface area contributed by atoms with Crippen LogP contribution in [-0.4, -0.2) is 84.1 Å². The van der Waals surface area contributed by atoms with Gasteiger partial charge in [0.1, 0.15) is 17.1 Å². The van der Waals surface area contributed by atoms with E-state index in [4.69, 9.17) is 15.1 Å². The van der Waals surface area contributed by atoms with E-state index in [2.05, 4.69) is 5.32 Å². The van der Waals surface area contributed by atoms with Crippen molar-refractivity contribution in [2.45, 2.75) is 11.6 Å². The molecule has 2 aliphatic rings. The number of hydrogen-bond acceptors (Lipinski definition) is 8. The van der Waals surface area contributed by atoms with E-state index in [0.29, 0.717) is 38.2 Å². The highest BCUT2D eigenvalue weighted by atomic mass is 32.2. The third kappa shape index (κ3) is 4.66. The maximum Gasteiger partial charge on any atom is 0.536 e. The molecule has 0 bridgehead atoms. The summed E-state index contributed by atoms with van der Waals surface area (Å²) in [4.78, 5) is 37.4. The Morgan fingerprint density at radius 1 is 1.40 bits per heavy atom. The monoisotopic (exact) mass is 437 g/mol. The first-order chi connectivity index (χ1) is 14.3. The number of nitrogens with two attached hydrogens (primary N) is 1. The molecule has 162 valence electrons. The van der Waals surface area contributed by atoms with E-state index in [0.717, 1.165) is 0 Å². The fraction of sp³-hybridized carbons (Fsp3) is 0.500. The van der Waals surface area contributed by atoms with E-state index in [1.807, 2.05) is 0 Å². The number of aromatic carboxylic acids is 1. The fourth-order valence-electron chi connectivity index (χ4n) is 3.39. The van der Waals surface area contributed by atoms with E-state index in [1.54, 1.807) is 17.0 Å². The maximum atomic E-state index is 12.4. The topological polar surface area (TPSA) is 151 Å². The van der Waals surface area contributed by atoms with Gasteiger partial charge in [-0.3, -0.25) is 9.59 Å². The Morgan fingerprint density at radius 3 is 2.77 bits per heavy atom. The van der Waals surface area contributed by atoms with Crippen molar-refractivity contribution in [1.82, 2.24) is 10.2 Å². The van der Waals surface area contributed by atoms with Crippen molar-refractivity contribution in [2.75, 3.05) is 39.0 Å². The quantitative estimate of drug-likeness (QED) is 0.375. The van der Waals surface area contributed by atoms with Gasteiger partial charge in [-0.1, -0.05) is 6.07 Å². The summed E-state index contributed by atoms with van der Waals surface area (Å²) in [5.74, 6) is -1.29. The molecule has 2 amide bonds. The maximum absolute atomic E-state index is 12.4. The molecule has 0 aliphatic carbocycles. The zero-order valence-corrected chi connectivity index (χ0v) is 17.3. The Bertz CT molecular complexity index is 834. The first kappa shape index (κ1) is 22.3. The van der Waals surface area contributed by atoms with Crippen LogP contribution in [0.5, 0.6) is 11.5 Å². The summed E-state index contributed by atoms with van der Waals surface area (Å²) in [5, 5.41) is 22.1. The third-order valence-corrected chi connectivity index (χ3v) is 6.32. The van der Waals surface area contributed by atoms with Crippen LogP contribution in [0.15, 0.2) is 12.1 Å². The lowest BCUT2D eigenvalue weighted by molar-refractivity contribution is -0.140. The Hall–Kier alpha value is -2.44. The van der Waals surface area contributed by atoms with Crippen LogP contribution < -0.4 is 20.4 Å². The number of carboxylic acid groups (broad SMARTS) is 1. The zero-order chi connectivity index (χ0) is 21.8. The molecule has 2 aliphatic heterocycles. The van der Waals surface area contributed by atoms with Gasteiger partial charge in [-0.25, -0.2) is 4.79 Å². The van der Waals surface area contributed by atoms with Crippen LogP contribution in [0.25, 0.3) is 0 Å². The molecule has 1 saturated heterocycles. The Balaban J connectivity index is 1.54. The van der Waals surface area contributed by atoms with Crippen LogP contribution in [0.2, 0.25) is 0 Å². The van der Waals surface area contributed by atoms with Gasteiger partial charge >= 0.3 is 13.1 Å². The van der Waals surface area contributed by atoms with Gasteiger partial charge in [0.2, 0.25) is 11.8 Å². The average molecular weight is 437 g/mol. The Morgan fingerprint density at radius 2 is 2.13 bits per heavy atom. The van der Waals surface area contributed by atoms with E-state index >= 15 is 0 Å². The summed E-state index contributed by atoms with van der Waals surface area (Å²) < 4.78 is 10.6. The molecule has 3 rings (SSSR count). The molecule has 10 nitrogen and oxygen atoms in total. The van der Waals surface area contributed by atoms with Crippen LogP contribution in [0.1, 0.15) is 15.9 Å². The standard InChI is InChI=1S/C18H24BN3O7S/c1-28-12-3-2-10-6-13(19(27)29-16(10)15(12)18(25)26)30-9-14(23)22-7-11(8-22)17(24)21-5-4-20/h2-3,11,13,27H,4-9,20H2,1H3,(H,21,24)(H,25,26)/t13-/m0/s1. The molecule has 1 fully saturated rings. The second-order valence-corrected chi connectivity index (χ2v) is 8.30. The van der Waals surface area contributed by atoms with Crippen LogP contribution in [0.3, 0.4) is 0 Å². The molecule has 0 unspecified atom stereocenters. The molecule has 0 spiro atoms. The highest BCUT2D eigenvalue weighted by Gasteiger charge is 2.40. The Labute approximate surface area is 178 Å². The number of benzene rings is 1. The molecule has 1 atom stereocenters. The van der Waals surface area contributed by atoms with Gasteiger partial charge < -0.3 is 35.5 Å². The number of rotatable bonds is 8. The first-order valence-electron chi connectivity index (χ1n) is 9.50. The van der Waals surface area contributed by atoms with Crippen LogP contribution in [-0.2, 0) is 16.0 Å². The molecule has 1 aromatic carbocycles. The summed E-state index contributed by atoms with van der Waals surface area (Å²) in [6, 6.07) is 3.24. The van der Waals surface area contributed by atoms with Crippen molar-refractivity contribution >= 4 is 36.7 Å². The van der Waals surface area contributed by atoms with Gasteiger partial charge in [0.05, 0.1) is 23.9 Å². The minimum atomic E-state index is -1.26. The number of amides is 2. The molecule has 0 radical (unpaired) electrons. The minimum absolute atomic E-state index is 0.0894. The van der Waals surface area contributed by atoms with Gasteiger partial charge in [-0.15, -0.1) is 11.8 Å². The van der Waals surface area contributed by atoms with E-state index in [-0.39, 0.29) is 40.5 Å². The van der Waals surface area contributed by atoms with E-state index in [1.165, 1.54) is 18.9 Å². The third-order valence-electron chi connectivity index (χ3n) is 5.08. The first-order valence-corrected chi connectivity index (χ1v) is 10.6. The minimum Gasteiger partial charge on any atom is -0.534 e. The van der Waals surface area contributed by atoms with Gasteiger partial charge in [0.25, 0.3) is 0 Å². The second kappa shape index (κ2) is 9.58. The number of fused-ring (bicyclic) bond motifs is 1. The van der Waals surface area contributed by atoms with Crippen molar-refractivity contribution in [1.29, 1.82) is 0 Å². The number of nitrogens with zero attached hydrogens (tertiary/aromatic N) is 1. The van der Waals surface area contributed by atoms with Gasteiger partial charge in [-0.2, -0.15) is 0 Å². The number of carboxylic acids is 1. The van der Waals surface area contributed by atoms with Crippen LogP contribution in [0, 0.1) is 5.92 Å². The number of carbonyl (C=O) groups is 3. The molecule has 1 aromatic rings. The molecule has 0 aromatic heterocycles. The molecule has 30 heavy (non-hydrogen) atoms. The summed E-state index contributed by atoms with van der Waals surface area (Å²) in [6.45, 7) is 1.51. The molecular weight excluding hydrogens is 413 g/mol. The van der Waals surface area contributed by atoms with Gasteiger partial charge in [0.15, 0.2) is 0 Å². The smallest absolute Gasteiger partial charge is 0.534 e. The number of nitrogens with one attached hydrogen (secondary N) is 1. The predicted octanol–water partition coefficient (Wildman–Crippen LogP) is -1.02. The second-order valence-electron chi connectivity index (χ2n) is 7.07. The van der Waals surface area contributed by atoms with Gasteiger partial charge in [-0.05, 0) is 18.1 Å². The summed E-state index contributed by atoms with van der Waals surface area (Å²) in [6.07, 6.45) is 0.350. The lowest BCUT2D eigenvalue weighted by Crippen LogP contribution is -2.56. The highest BCUT2D eigenvalue weighted by molar-refractivity contribution is 8.01. The van der Waals surface area contributed by atoms with Crippen LogP contribution >= 0.6 is 11.8 Å². The van der Waals surface area contributed by atoms with E-state index < -0.39 is 18.2 Å². The van der Waals surface area contributed by atoms with Crippen molar-refractivity contribution in [2.24, 2.45) is 11.7 Å². The summed E-state index contributed by atoms with van der Waals surface area (Å²) in [5.41, 5.74) is 5.85. The fourth-order valence-corrected chi connectivity index (χ4v) is 4.45. The SMILES string of the molecule is COc1ccc2c(c1C(=O)O)OB(O)[C@@H](SCC(=O)N1CC(C(=O)NCCN)C1)C2. The Kier molecular flexibility index (Phi) is 7.11. The van der Waals surface area contributed by atoms with Crippen molar-refractivity contribution in [3.05, 3.63) is 23.3 Å². The lowest BCUT2D eigenvalue weighted by atomic mass is 9.77. The number of methoxy groups -OCH3 is 1. The number of ether oxygens (including phenoxy) is 1. The molecule has 2 heterocycles. The number of thioether (sulfide) groups is 1. The largest absolute Gasteiger partial charge is 0.536 e. The molecule has 5 N–H and O–H groups in total. The van der Waals surface area contributed by atoms with Crippen molar-refractivity contribution in [3.8, 4) is 11.5 Å². The number of carbonyl (C=O) groups excluding carboxylic acids is 2. The van der Waals surface area contributed by atoms with Gasteiger partial charge in [0, 0.05) is 26.2 Å². The predicted molar refractivity (Wildman–Crippen MR) is 111 cm³/mol. The summed E-state index contributed by atoms with van der Waals surface area (Å²) >= 11 is 1.24. The molecular formula is C18H24BN3O7S. The lowest BCUT2D eigenvalue weighted by Gasteiger charge is -2.38. The summed E-state index contributed by atoms with van der Waals surface area (Å²) in [7, 11) is 0.103. The van der Waals surface area contributed by atoms with Crippen LogP contribution in [0.4, 0.5) is 0 Å². The number of likely N-dealkylation sites (tertiary alicyclic amines) is 1.